The normalized spacial score (nSPS) is 16.3. The fraction of sp³-hybridized carbons (Fsp3) is 0.333. The smallest absolute Gasteiger partial charge is 0.310 e. The van der Waals surface area contributed by atoms with Crippen LogP contribution in [0.25, 0.3) is 0 Å². The number of hydrogen-bond donors (Lipinski definition) is 1. The molecule has 1 fully saturated rings. The molecule has 0 saturated carbocycles. The Morgan fingerprint density at radius 1 is 1.17 bits per heavy atom. The maximum absolute atomic E-state index is 13.0. The van der Waals surface area contributed by atoms with Crippen molar-refractivity contribution in [3.05, 3.63) is 57.6 Å². The Labute approximate surface area is 183 Å². The van der Waals surface area contributed by atoms with Gasteiger partial charge in [-0.2, -0.15) is 0 Å². The van der Waals surface area contributed by atoms with Crippen LogP contribution in [0.1, 0.15) is 27.9 Å². The number of carbonyl (C=O) groups excluding carboxylic acids is 2. The van der Waals surface area contributed by atoms with Crippen LogP contribution in [0, 0.1) is 0 Å². The molecule has 0 aromatic heterocycles. The zero-order valence-corrected chi connectivity index (χ0v) is 19.0. The summed E-state index contributed by atoms with van der Waals surface area (Å²) in [5, 5.41) is 3.11. The molecule has 2 aromatic rings. The number of nitrogens with one attached hydrogen (secondary N) is 1. The molecule has 7 nitrogen and oxygen atoms in total. The highest BCUT2D eigenvalue weighted by molar-refractivity contribution is 9.10. The number of methoxy groups -OCH3 is 1. The Hall–Kier alpha value is -2.23. The molecule has 1 heterocycles. The molecule has 1 aliphatic heterocycles. The Balaban J connectivity index is 1.92. The van der Waals surface area contributed by atoms with Gasteiger partial charge in [0.25, 0.3) is 0 Å². The van der Waals surface area contributed by atoms with E-state index in [1.807, 2.05) is 0 Å². The summed E-state index contributed by atoms with van der Waals surface area (Å²) in [6.07, 6.45) is 1.49. The predicted octanol–water partition coefficient (Wildman–Crippen LogP) is 2.54. The van der Waals surface area contributed by atoms with Crippen molar-refractivity contribution >= 4 is 37.5 Å². The van der Waals surface area contributed by atoms with Gasteiger partial charge < -0.3 is 14.8 Å². The van der Waals surface area contributed by atoms with Crippen LogP contribution in [0.4, 0.5) is 0 Å². The molecule has 1 aliphatic rings. The third-order valence-electron chi connectivity index (χ3n) is 4.73. The van der Waals surface area contributed by atoms with E-state index in [-0.39, 0.29) is 28.8 Å². The minimum atomic E-state index is -3.59. The minimum absolute atomic E-state index is 0.0252. The molecule has 0 spiro atoms. The van der Waals surface area contributed by atoms with E-state index in [1.54, 1.807) is 18.2 Å². The average Bonchev–Trinajstić information content (AvgIpc) is 3.19. The number of hydrogen-bond acceptors (Lipinski definition) is 7. The maximum Gasteiger partial charge on any atom is 0.310 e. The highest BCUT2D eigenvalue weighted by Gasteiger charge is 2.21. The van der Waals surface area contributed by atoms with Gasteiger partial charge in [0.2, 0.25) is 0 Å². The molecule has 160 valence electrons. The number of ketones is 1. The monoisotopic (exact) mass is 495 g/mol. The fourth-order valence-corrected chi connectivity index (χ4v) is 4.31. The largest absolute Gasteiger partial charge is 0.496 e. The predicted molar refractivity (Wildman–Crippen MR) is 115 cm³/mol. The number of halogens is 1. The van der Waals surface area contributed by atoms with Crippen LogP contribution < -0.4 is 10.1 Å². The minimum Gasteiger partial charge on any atom is -0.496 e. The first-order valence-electron chi connectivity index (χ1n) is 9.30. The molecule has 1 unspecified atom stereocenters. The standard InChI is InChI=1S/C21H22BrNO6S/c1-28-19-11-14(3-4-18(19)22)21(25)15-7-13(8-17(10-15)30(2,26)27)9-20(24)29-16-5-6-23-12-16/h3-4,7-8,10-11,16,23H,5-6,9,12H2,1-2H3. The third-order valence-corrected chi connectivity index (χ3v) is 6.48. The lowest BCUT2D eigenvalue weighted by Crippen LogP contribution is -2.22. The van der Waals surface area contributed by atoms with Crippen LogP contribution in [0.15, 0.2) is 45.8 Å². The number of ether oxygens (including phenoxy) is 2. The van der Waals surface area contributed by atoms with Crippen molar-refractivity contribution in [1.29, 1.82) is 0 Å². The van der Waals surface area contributed by atoms with E-state index in [0.29, 0.717) is 27.9 Å². The highest BCUT2D eigenvalue weighted by Crippen LogP contribution is 2.27. The zero-order valence-electron chi connectivity index (χ0n) is 16.6. The molecule has 0 amide bonds. The lowest BCUT2D eigenvalue weighted by Gasteiger charge is -2.12. The summed E-state index contributed by atoms with van der Waals surface area (Å²) >= 11 is 3.34. The van der Waals surface area contributed by atoms with Crippen LogP contribution in [0.2, 0.25) is 0 Å². The van der Waals surface area contributed by atoms with Gasteiger partial charge in [-0.25, -0.2) is 8.42 Å². The Bertz CT molecular complexity index is 1080. The molecule has 1 N–H and O–H groups in total. The van der Waals surface area contributed by atoms with Crippen molar-refractivity contribution in [1.82, 2.24) is 5.32 Å². The molecule has 0 aliphatic carbocycles. The topological polar surface area (TPSA) is 98.8 Å². The summed E-state index contributed by atoms with van der Waals surface area (Å²) in [5.41, 5.74) is 0.917. The van der Waals surface area contributed by atoms with Crippen LogP contribution in [-0.4, -0.2) is 52.7 Å². The van der Waals surface area contributed by atoms with Crippen LogP contribution >= 0.6 is 15.9 Å². The molecule has 30 heavy (non-hydrogen) atoms. The second kappa shape index (κ2) is 9.28. The van der Waals surface area contributed by atoms with E-state index in [2.05, 4.69) is 21.2 Å². The molecular weight excluding hydrogens is 474 g/mol. The van der Waals surface area contributed by atoms with Gasteiger partial charge in [0, 0.05) is 23.9 Å². The van der Waals surface area contributed by atoms with Crippen molar-refractivity contribution in [2.75, 3.05) is 26.5 Å². The first-order valence-corrected chi connectivity index (χ1v) is 12.0. The molecule has 2 aromatic carbocycles. The summed E-state index contributed by atoms with van der Waals surface area (Å²) in [5.74, 6) is -0.354. The fourth-order valence-electron chi connectivity index (χ4n) is 3.20. The van der Waals surface area contributed by atoms with E-state index in [1.165, 1.54) is 25.3 Å². The van der Waals surface area contributed by atoms with Crippen molar-refractivity contribution in [3.63, 3.8) is 0 Å². The summed E-state index contributed by atoms with van der Waals surface area (Å²) in [7, 11) is -2.10. The van der Waals surface area contributed by atoms with E-state index < -0.39 is 15.8 Å². The van der Waals surface area contributed by atoms with Crippen molar-refractivity contribution in [2.45, 2.75) is 23.8 Å². The average molecular weight is 496 g/mol. The molecule has 0 bridgehead atoms. The Morgan fingerprint density at radius 3 is 2.57 bits per heavy atom. The van der Waals surface area contributed by atoms with Crippen LogP contribution in [-0.2, 0) is 25.8 Å². The van der Waals surface area contributed by atoms with Gasteiger partial charge in [0.05, 0.1) is 22.9 Å². The van der Waals surface area contributed by atoms with E-state index in [0.717, 1.165) is 19.2 Å². The highest BCUT2D eigenvalue weighted by atomic mass is 79.9. The lowest BCUT2D eigenvalue weighted by atomic mass is 10.00. The first kappa shape index (κ1) is 22.5. The molecule has 3 rings (SSSR count). The Kier molecular flexibility index (Phi) is 6.95. The van der Waals surface area contributed by atoms with Gasteiger partial charge in [-0.15, -0.1) is 0 Å². The van der Waals surface area contributed by atoms with Crippen molar-refractivity contribution in [2.24, 2.45) is 0 Å². The van der Waals surface area contributed by atoms with Crippen LogP contribution in [0.3, 0.4) is 0 Å². The van der Waals surface area contributed by atoms with Gasteiger partial charge in [-0.05, 0) is 70.9 Å². The van der Waals surface area contributed by atoms with Gasteiger partial charge >= 0.3 is 5.97 Å². The molecule has 0 radical (unpaired) electrons. The van der Waals surface area contributed by atoms with Gasteiger partial charge in [-0.3, -0.25) is 9.59 Å². The second-order valence-corrected chi connectivity index (χ2v) is 9.97. The van der Waals surface area contributed by atoms with E-state index in [9.17, 15) is 18.0 Å². The number of carbonyl (C=O) groups is 2. The first-order chi connectivity index (χ1) is 14.2. The summed E-state index contributed by atoms with van der Waals surface area (Å²) in [4.78, 5) is 25.3. The van der Waals surface area contributed by atoms with Gasteiger partial charge in [0.1, 0.15) is 11.9 Å². The van der Waals surface area contributed by atoms with Gasteiger partial charge in [-0.1, -0.05) is 0 Å². The number of esters is 1. The molecule has 1 saturated heterocycles. The molecule has 9 heteroatoms. The van der Waals surface area contributed by atoms with Crippen molar-refractivity contribution in [3.8, 4) is 5.75 Å². The maximum atomic E-state index is 13.0. The van der Waals surface area contributed by atoms with Gasteiger partial charge in [0.15, 0.2) is 15.6 Å². The summed E-state index contributed by atoms with van der Waals surface area (Å²) in [6.45, 7) is 1.39. The number of benzene rings is 2. The number of sulfone groups is 1. The quantitative estimate of drug-likeness (QED) is 0.465. The third kappa shape index (κ3) is 5.47. The van der Waals surface area contributed by atoms with Crippen LogP contribution in [0.5, 0.6) is 5.75 Å². The second-order valence-electron chi connectivity index (χ2n) is 7.10. The SMILES string of the molecule is COc1cc(C(=O)c2cc(CC(=O)OC3CCNC3)cc(S(C)(=O)=O)c2)ccc1Br. The number of rotatable bonds is 7. The van der Waals surface area contributed by atoms with Crippen molar-refractivity contribution < 1.29 is 27.5 Å². The molecular formula is C21H22BrNO6S. The zero-order chi connectivity index (χ0) is 21.9. The van der Waals surface area contributed by atoms with E-state index in [4.69, 9.17) is 9.47 Å². The Morgan fingerprint density at radius 2 is 1.93 bits per heavy atom. The molecule has 1 atom stereocenters. The van der Waals surface area contributed by atoms with E-state index >= 15 is 0 Å². The summed E-state index contributed by atoms with van der Waals surface area (Å²) in [6, 6.07) is 9.12. The summed E-state index contributed by atoms with van der Waals surface area (Å²) < 4.78 is 35.6. The lowest BCUT2D eigenvalue weighted by molar-refractivity contribution is -0.147.